The van der Waals surface area contributed by atoms with E-state index in [1.165, 1.54) is 19.3 Å². The molecule has 0 aromatic rings. The lowest BCUT2D eigenvalue weighted by atomic mass is 9.80. The predicted octanol–water partition coefficient (Wildman–Crippen LogP) is 3.31. The summed E-state index contributed by atoms with van der Waals surface area (Å²) in [6, 6.07) is 0.649. The zero-order chi connectivity index (χ0) is 15.3. The standard InChI is InChI=1S/C16H32N2O2/c1-11-7-8-12(2)14(9-11)17-10-13(3)18-15(19)20-16(4,5)6/h11-14,17H,7-10H2,1-6H3,(H,18,19). The van der Waals surface area contributed by atoms with Crippen molar-refractivity contribution in [1.82, 2.24) is 10.6 Å². The summed E-state index contributed by atoms with van der Waals surface area (Å²) in [6.07, 6.45) is 3.54. The molecule has 1 fully saturated rings. The highest BCUT2D eigenvalue weighted by Gasteiger charge is 2.25. The van der Waals surface area contributed by atoms with Gasteiger partial charge in [-0.2, -0.15) is 0 Å². The molecule has 4 atom stereocenters. The molecule has 4 heteroatoms. The van der Waals surface area contributed by atoms with Crippen molar-refractivity contribution in [2.45, 2.75) is 78.5 Å². The van der Waals surface area contributed by atoms with E-state index in [4.69, 9.17) is 4.74 Å². The normalized spacial score (nSPS) is 28.8. The molecule has 1 amide bonds. The topological polar surface area (TPSA) is 50.4 Å². The van der Waals surface area contributed by atoms with Gasteiger partial charge in [0.05, 0.1) is 0 Å². The Morgan fingerprint density at radius 2 is 1.95 bits per heavy atom. The number of hydrogen-bond acceptors (Lipinski definition) is 3. The minimum atomic E-state index is -0.440. The summed E-state index contributed by atoms with van der Waals surface area (Å²) in [5, 5.41) is 6.48. The first-order valence-electron chi connectivity index (χ1n) is 7.90. The summed E-state index contributed by atoms with van der Waals surface area (Å²) in [5.74, 6) is 1.53. The molecule has 4 nitrogen and oxygen atoms in total. The van der Waals surface area contributed by atoms with Crippen LogP contribution in [0.5, 0.6) is 0 Å². The van der Waals surface area contributed by atoms with Crippen LogP contribution in [0, 0.1) is 11.8 Å². The molecule has 1 aliphatic carbocycles. The highest BCUT2D eigenvalue weighted by atomic mass is 16.6. The highest BCUT2D eigenvalue weighted by Crippen LogP contribution is 2.28. The predicted molar refractivity (Wildman–Crippen MR) is 82.8 cm³/mol. The minimum Gasteiger partial charge on any atom is -0.444 e. The fourth-order valence-corrected chi connectivity index (χ4v) is 2.70. The van der Waals surface area contributed by atoms with Crippen LogP contribution in [0.4, 0.5) is 4.79 Å². The first kappa shape index (κ1) is 17.3. The van der Waals surface area contributed by atoms with E-state index < -0.39 is 5.60 Å². The van der Waals surface area contributed by atoms with Gasteiger partial charge in [0.15, 0.2) is 0 Å². The van der Waals surface area contributed by atoms with Gasteiger partial charge in [-0.1, -0.05) is 20.3 Å². The first-order chi connectivity index (χ1) is 9.17. The van der Waals surface area contributed by atoms with E-state index in [2.05, 4.69) is 24.5 Å². The van der Waals surface area contributed by atoms with Gasteiger partial charge in [0.2, 0.25) is 0 Å². The molecule has 0 aromatic carbocycles. The van der Waals surface area contributed by atoms with Crippen LogP contribution < -0.4 is 10.6 Å². The zero-order valence-electron chi connectivity index (χ0n) is 14.0. The van der Waals surface area contributed by atoms with Gasteiger partial charge < -0.3 is 15.4 Å². The van der Waals surface area contributed by atoms with Gasteiger partial charge >= 0.3 is 6.09 Å². The molecule has 0 aromatic heterocycles. The molecule has 0 spiro atoms. The third kappa shape index (κ3) is 6.60. The summed E-state index contributed by atoms with van der Waals surface area (Å²) >= 11 is 0. The maximum Gasteiger partial charge on any atom is 0.407 e. The van der Waals surface area contributed by atoms with Gasteiger partial charge in [-0.3, -0.25) is 0 Å². The second kappa shape index (κ2) is 7.30. The molecule has 0 aliphatic heterocycles. The lowest BCUT2D eigenvalue weighted by Gasteiger charge is -2.34. The van der Waals surface area contributed by atoms with E-state index in [1.807, 2.05) is 27.7 Å². The molecular weight excluding hydrogens is 252 g/mol. The van der Waals surface area contributed by atoms with Gasteiger partial charge in [0.1, 0.15) is 5.60 Å². The van der Waals surface area contributed by atoms with Crippen molar-refractivity contribution in [3.63, 3.8) is 0 Å². The van der Waals surface area contributed by atoms with E-state index in [0.29, 0.717) is 6.04 Å². The molecule has 1 rings (SSSR count). The number of ether oxygens (including phenoxy) is 1. The molecule has 0 bridgehead atoms. The largest absolute Gasteiger partial charge is 0.444 e. The summed E-state index contributed by atoms with van der Waals surface area (Å²) < 4.78 is 5.26. The fourth-order valence-electron chi connectivity index (χ4n) is 2.70. The van der Waals surface area contributed by atoms with E-state index in [9.17, 15) is 4.79 Å². The molecule has 1 saturated carbocycles. The van der Waals surface area contributed by atoms with Crippen molar-refractivity contribution < 1.29 is 9.53 Å². The van der Waals surface area contributed by atoms with Crippen molar-refractivity contribution in [3.05, 3.63) is 0 Å². The number of carbonyl (C=O) groups is 1. The van der Waals surface area contributed by atoms with Gasteiger partial charge in [-0.15, -0.1) is 0 Å². The van der Waals surface area contributed by atoms with Crippen molar-refractivity contribution in [2.75, 3.05) is 6.54 Å². The van der Waals surface area contributed by atoms with Gasteiger partial charge in [0, 0.05) is 18.6 Å². The molecule has 4 unspecified atom stereocenters. The lowest BCUT2D eigenvalue weighted by molar-refractivity contribution is 0.0506. The Kier molecular flexibility index (Phi) is 6.31. The number of nitrogens with one attached hydrogen (secondary N) is 2. The molecule has 0 saturated heterocycles. The molecule has 118 valence electrons. The van der Waals surface area contributed by atoms with Crippen LogP contribution in [0.15, 0.2) is 0 Å². The summed E-state index contributed by atoms with van der Waals surface area (Å²) in [5.41, 5.74) is -0.440. The van der Waals surface area contributed by atoms with Crippen LogP contribution >= 0.6 is 0 Å². The summed E-state index contributed by atoms with van der Waals surface area (Å²) in [4.78, 5) is 11.7. The number of alkyl carbamates (subject to hydrolysis) is 1. The van der Waals surface area contributed by atoms with E-state index >= 15 is 0 Å². The van der Waals surface area contributed by atoms with E-state index in [1.54, 1.807) is 0 Å². The van der Waals surface area contributed by atoms with Gasteiger partial charge in [0.25, 0.3) is 0 Å². The average molecular weight is 284 g/mol. The minimum absolute atomic E-state index is 0.0780. The molecule has 20 heavy (non-hydrogen) atoms. The van der Waals surface area contributed by atoms with Crippen molar-refractivity contribution in [1.29, 1.82) is 0 Å². The Hall–Kier alpha value is -0.770. The number of carbonyl (C=O) groups excluding carboxylic acids is 1. The van der Waals surface area contributed by atoms with E-state index in [-0.39, 0.29) is 12.1 Å². The molecular formula is C16H32N2O2. The molecule has 0 radical (unpaired) electrons. The Bertz CT molecular complexity index is 312. The van der Waals surface area contributed by atoms with Crippen LogP contribution in [0.3, 0.4) is 0 Å². The molecule has 0 heterocycles. The van der Waals surface area contributed by atoms with Gasteiger partial charge in [-0.05, 0) is 52.4 Å². The van der Waals surface area contributed by atoms with Crippen molar-refractivity contribution in [3.8, 4) is 0 Å². The highest BCUT2D eigenvalue weighted by molar-refractivity contribution is 5.68. The zero-order valence-corrected chi connectivity index (χ0v) is 14.0. The van der Waals surface area contributed by atoms with Crippen LogP contribution in [0.2, 0.25) is 0 Å². The monoisotopic (exact) mass is 284 g/mol. The molecule has 1 aliphatic rings. The van der Waals surface area contributed by atoms with Crippen LogP contribution in [-0.4, -0.2) is 30.3 Å². The summed E-state index contributed by atoms with van der Waals surface area (Å²) in [6.45, 7) is 13.1. The maximum atomic E-state index is 11.7. The number of rotatable bonds is 4. The Morgan fingerprint density at radius 3 is 2.55 bits per heavy atom. The average Bonchev–Trinajstić information content (AvgIpc) is 2.27. The number of hydrogen-bond donors (Lipinski definition) is 2. The van der Waals surface area contributed by atoms with E-state index in [0.717, 1.165) is 18.4 Å². The van der Waals surface area contributed by atoms with Crippen LogP contribution in [0.1, 0.15) is 60.8 Å². The third-order valence-electron chi connectivity index (χ3n) is 3.91. The fraction of sp³-hybridized carbons (Fsp3) is 0.938. The quantitative estimate of drug-likeness (QED) is 0.832. The first-order valence-corrected chi connectivity index (χ1v) is 7.90. The maximum absolute atomic E-state index is 11.7. The SMILES string of the molecule is CC1CCC(C)C(NCC(C)NC(=O)OC(C)(C)C)C1. The summed E-state index contributed by atoms with van der Waals surface area (Å²) in [7, 11) is 0. The second-order valence-electron chi connectivity index (χ2n) is 7.46. The van der Waals surface area contributed by atoms with Crippen molar-refractivity contribution in [2.24, 2.45) is 11.8 Å². The van der Waals surface area contributed by atoms with Crippen molar-refractivity contribution >= 4 is 6.09 Å². The van der Waals surface area contributed by atoms with Crippen LogP contribution in [-0.2, 0) is 4.74 Å². The second-order valence-corrected chi connectivity index (χ2v) is 7.46. The third-order valence-corrected chi connectivity index (χ3v) is 3.91. The Balaban J connectivity index is 2.28. The lowest BCUT2D eigenvalue weighted by Crippen LogP contribution is -2.47. The Labute approximate surface area is 124 Å². The van der Waals surface area contributed by atoms with Gasteiger partial charge in [-0.25, -0.2) is 4.79 Å². The van der Waals surface area contributed by atoms with Crippen LogP contribution in [0.25, 0.3) is 0 Å². The molecule has 2 N–H and O–H groups in total. The Morgan fingerprint density at radius 1 is 1.30 bits per heavy atom. The smallest absolute Gasteiger partial charge is 0.407 e. The number of amides is 1.